The first-order valence-corrected chi connectivity index (χ1v) is 7.27. The van der Waals surface area contributed by atoms with Crippen molar-refractivity contribution in [1.29, 1.82) is 0 Å². The van der Waals surface area contributed by atoms with Gasteiger partial charge in [-0.2, -0.15) is 0 Å². The highest BCUT2D eigenvalue weighted by Gasteiger charge is 2.06. The van der Waals surface area contributed by atoms with E-state index in [9.17, 15) is 9.18 Å². The van der Waals surface area contributed by atoms with E-state index in [0.29, 0.717) is 27.7 Å². The highest BCUT2D eigenvalue weighted by atomic mass is 32.2. The molecule has 0 saturated carbocycles. The van der Waals surface area contributed by atoms with Crippen LogP contribution in [0, 0.1) is 5.82 Å². The molecule has 3 rings (SSSR count). The fraction of sp³-hybridized carbons (Fsp3) is 0.0667. The van der Waals surface area contributed by atoms with Gasteiger partial charge >= 0.3 is 0 Å². The van der Waals surface area contributed by atoms with Crippen molar-refractivity contribution in [2.24, 2.45) is 0 Å². The second-order valence-electron chi connectivity index (χ2n) is 4.49. The van der Waals surface area contributed by atoms with Crippen LogP contribution in [0.2, 0.25) is 0 Å². The lowest BCUT2D eigenvalue weighted by molar-refractivity contribution is 0.624. The molecule has 2 heterocycles. The van der Waals surface area contributed by atoms with Crippen LogP contribution in [-0.4, -0.2) is 9.38 Å². The van der Waals surface area contributed by atoms with Gasteiger partial charge in [0.1, 0.15) is 11.5 Å². The Kier molecular flexibility index (Phi) is 3.62. The van der Waals surface area contributed by atoms with Gasteiger partial charge in [0.05, 0.1) is 5.69 Å². The number of benzene rings is 1. The lowest BCUT2D eigenvalue weighted by Gasteiger charge is -2.06. The first kappa shape index (κ1) is 13.6. The predicted molar refractivity (Wildman–Crippen MR) is 81.8 cm³/mol. The lowest BCUT2D eigenvalue weighted by atomic mass is 10.3. The number of hydrogen-bond acceptors (Lipinski definition) is 4. The fourth-order valence-electron chi connectivity index (χ4n) is 1.96. The Morgan fingerprint density at radius 2 is 2.10 bits per heavy atom. The number of fused-ring (bicyclic) bond motifs is 1. The molecule has 4 nitrogen and oxygen atoms in total. The summed E-state index contributed by atoms with van der Waals surface area (Å²) in [6.45, 7) is 0. The average Bonchev–Trinajstić information content (AvgIpc) is 2.48. The molecule has 0 amide bonds. The van der Waals surface area contributed by atoms with Gasteiger partial charge in [0, 0.05) is 28.6 Å². The van der Waals surface area contributed by atoms with Crippen LogP contribution in [0.25, 0.3) is 5.65 Å². The molecule has 0 fully saturated rings. The normalized spacial score (nSPS) is 10.9. The summed E-state index contributed by atoms with van der Waals surface area (Å²) in [6.07, 6.45) is 1.67. The summed E-state index contributed by atoms with van der Waals surface area (Å²) in [5, 5.41) is 0. The molecule has 0 spiro atoms. The molecule has 0 unspecified atom stereocenters. The van der Waals surface area contributed by atoms with Crippen LogP contribution < -0.4 is 11.3 Å². The SMILES string of the molecule is Nc1ccc(F)cc1SCc1cc(=O)n2ccccc2n1. The molecule has 0 aliphatic heterocycles. The molecule has 1 aromatic carbocycles. The summed E-state index contributed by atoms with van der Waals surface area (Å²) in [5.41, 5.74) is 7.41. The second-order valence-corrected chi connectivity index (χ2v) is 5.50. The van der Waals surface area contributed by atoms with Gasteiger partial charge in [0.2, 0.25) is 0 Å². The van der Waals surface area contributed by atoms with Gasteiger partial charge in [-0.3, -0.25) is 9.20 Å². The van der Waals surface area contributed by atoms with E-state index >= 15 is 0 Å². The Morgan fingerprint density at radius 3 is 2.95 bits per heavy atom. The van der Waals surface area contributed by atoms with E-state index in [1.165, 1.54) is 40.4 Å². The monoisotopic (exact) mass is 301 g/mol. The van der Waals surface area contributed by atoms with Crippen LogP contribution in [0.5, 0.6) is 0 Å². The van der Waals surface area contributed by atoms with Crippen LogP contribution in [0.4, 0.5) is 10.1 Å². The van der Waals surface area contributed by atoms with Gasteiger partial charge in [0.25, 0.3) is 5.56 Å². The number of anilines is 1. The molecule has 0 atom stereocenters. The number of thioether (sulfide) groups is 1. The first-order chi connectivity index (χ1) is 10.1. The minimum absolute atomic E-state index is 0.136. The summed E-state index contributed by atoms with van der Waals surface area (Å²) >= 11 is 1.36. The second kappa shape index (κ2) is 5.57. The van der Waals surface area contributed by atoms with Crippen LogP contribution in [0.1, 0.15) is 5.69 Å². The third kappa shape index (κ3) is 2.90. The summed E-state index contributed by atoms with van der Waals surface area (Å²) in [7, 11) is 0. The van der Waals surface area contributed by atoms with Gasteiger partial charge < -0.3 is 5.73 Å². The molecule has 106 valence electrons. The zero-order valence-corrected chi connectivity index (χ0v) is 11.8. The largest absolute Gasteiger partial charge is 0.398 e. The number of halogens is 1. The number of rotatable bonds is 3. The topological polar surface area (TPSA) is 60.4 Å². The van der Waals surface area contributed by atoms with Gasteiger partial charge in [0.15, 0.2) is 0 Å². The molecule has 0 saturated heterocycles. The van der Waals surface area contributed by atoms with Crippen molar-refractivity contribution in [2.75, 3.05) is 5.73 Å². The Bertz CT molecular complexity index is 863. The third-order valence-electron chi connectivity index (χ3n) is 2.98. The average molecular weight is 301 g/mol. The zero-order valence-electron chi connectivity index (χ0n) is 11.0. The maximum atomic E-state index is 13.2. The molecular formula is C15H12FN3OS. The Morgan fingerprint density at radius 1 is 1.24 bits per heavy atom. The van der Waals surface area contributed by atoms with Crippen molar-refractivity contribution in [1.82, 2.24) is 9.38 Å². The lowest BCUT2D eigenvalue weighted by Crippen LogP contribution is -2.14. The van der Waals surface area contributed by atoms with E-state index in [1.54, 1.807) is 18.3 Å². The van der Waals surface area contributed by atoms with Crippen molar-refractivity contribution in [3.63, 3.8) is 0 Å². The predicted octanol–water partition coefficient (Wildman–Crippen LogP) is 2.71. The summed E-state index contributed by atoms with van der Waals surface area (Å²) in [4.78, 5) is 17.0. The molecule has 3 aromatic rings. The molecule has 2 aromatic heterocycles. The van der Waals surface area contributed by atoms with Crippen molar-refractivity contribution in [3.8, 4) is 0 Å². The molecule has 21 heavy (non-hydrogen) atoms. The molecule has 0 aliphatic carbocycles. The smallest absolute Gasteiger partial charge is 0.258 e. The van der Waals surface area contributed by atoms with Crippen molar-refractivity contribution >= 4 is 23.1 Å². The van der Waals surface area contributed by atoms with Gasteiger partial charge in [-0.1, -0.05) is 6.07 Å². The van der Waals surface area contributed by atoms with E-state index in [0.717, 1.165) is 0 Å². The third-order valence-corrected chi connectivity index (χ3v) is 4.08. The molecule has 0 aliphatic rings. The van der Waals surface area contributed by atoms with E-state index < -0.39 is 0 Å². The summed E-state index contributed by atoms with van der Waals surface area (Å²) < 4.78 is 14.7. The van der Waals surface area contributed by atoms with Crippen molar-refractivity contribution < 1.29 is 4.39 Å². The number of nitrogens with two attached hydrogens (primary N) is 1. The van der Waals surface area contributed by atoms with E-state index in [2.05, 4.69) is 4.98 Å². The standard InChI is InChI=1S/C15H12FN3OS/c16-10-4-5-12(17)13(7-10)21-9-11-8-15(20)19-6-2-1-3-14(19)18-11/h1-8H,9,17H2. The molecular weight excluding hydrogens is 289 g/mol. The van der Waals surface area contributed by atoms with E-state index in [1.807, 2.05) is 6.07 Å². The van der Waals surface area contributed by atoms with Crippen LogP contribution in [0.15, 0.2) is 58.4 Å². The van der Waals surface area contributed by atoms with Crippen molar-refractivity contribution in [3.05, 3.63) is 70.5 Å². The molecule has 6 heteroatoms. The molecule has 2 N–H and O–H groups in total. The van der Waals surface area contributed by atoms with Gasteiger partial charge in [-0.15, -0.1) is 11.8 Å². The Hall–Kier alpha value is -2.34. The van der Waals surface area contributed by atoms with Gasteiger partial charge in [-0.05, 0) is 30.3 Å². The number of nitrogens with zero attached hydrogens (tertiary/aromatic N) is 2. The zero-order chi connectivity index (χ0) is 14.8. The van der Waals surface area contributed by atoms with Crippen LogP contribution >= 0.6 is 11.8 Å². The van der Waals surface area contributed by atoms with E-state index in [-0.39, 0.29) is 11.4 Å². The Labute approximate surface area is 124 Å². The quantitative estimate of drug-likeness (QED) is 0.597. The van der Waals surface area contributed by atoms with Crippen LogP contribution in [0.3, 0.4) is 0 Å². The molecule has 0 bridgehead atoms. The highest BCUT2D eigenvalue weighted by molar-refractivity contribution is 7.98. The van der Waals surface area contributed by atoms with Gasteiger partial charge in [-0.25, -0.2) is 9.37 Å². The number of hydrogen-bond donors (Lipinski definition) is 1. The first-order valence-electron chi connectivity index (χ1n) is 6.28. The summed E-state index contributed by atoms with van der Waals surface area (Å²) in [5.74, 6) is 0.118. The minimum Gasteiger partial charge on any atom is -0.398 e. The fourth-order valence-corrected chi connectivity index (χ4v) is 2.84. The number of aromatic nitrogens is 2. The van der Waals surface area contributed by atoms with Crippen molar-refractivity contribution in [2.45, 2.75) is 10.6 Å². The highest BCUT2D eigenvalue weighted by Crippen LogP contribution is 2.28. The maximum Gasteiger partial charge on any atom is 0.258 e. The van der Waals surface area contributed by atoms with E-state index in [4.69, 9.17) is 5.73 Å². The number of pyridine rings is 1. The summed E-state index contributed by atoms with van der Waals surface area (Å²) in [6, 6.07) is 11.1. The molecule has 0 radical (unpaired) electrons. The number of nitrogen functional groups attached to an aromatic ring is 1. The maximum absolute atomic E-state index is 13.2. The minimum atomic E-state index is -0.335. The Balaban J connectivity index is 1.88. The van der Waals surface area contributed by atoms with Crippen LogP contribution in [-0.2, 0) is 5.75 Å².